The Balaban J connectivity index is 1.67. The first-order valence-corrected chi connectivity index (χ1v) is 8.83. The van der Waals surface area contributed by atoms with Crippen molar-refractivity contribution in [3.05, 3.63) is 35.9 Å². The van der Waals surface area contributed by atoms with Crippen LogP contribution in [0.1, 0.15) is 52.0 Å². The molecule has 2 N–H and O–H groups in total. The molecular formula is C19H27N3O4. The molecule has 26 heavy (non-hydrogen) atoms. The maximum atomic E-state index is 11.9. The van der Waals surface area contributed by atoms with Gasteiger partial charge < -0.3 is 14.8 Å². The van der Waals surface area contributed by atoms with Gasteiger partial charge in [0.2, 0.25) is 0 Å². The lowest BCUT2D eigenvalue weighted by molar-refractivity contribution is 0.0529. The summed E-state index contributed by atoms with van der Waals surface area (Å²) >= 11 is 0. The number of carbonyl (C=O) groups is 2. The molecule has 1 aliphatic carbocycles. The van der Waals surface area contributed by atoms with Crippen LogP contribution in [0, 0.1) is 0 Å². The molecule has 0 radical (unpaired) electrons. The van der Waals surface area contributed by atoms with Crippen molar-refractivity contribution in [1.82, 2.24) is 10.7 Å². The highest BCUT2D eigenvalue weighted by atomic mass is 16.6. The van der Waals surface area contributed by atoms with E-state index in [0.717, 1.165) is 24.1 Å². The van der Waals surface area contributed by atoms with E-state index in [-0.39, 0.29) is 12.6 Å². The smallest absolute Gasteiger partial charge is 0.428 e. The number of benzene rings is 1. The molecule has 2 rings (SSSR count). The summed E-state index contributed by atoms with van der Waals surface area (Å²) in [5, 5.41) is 6.98. The molecule has 142 valence electrons. The highest BCUT2D eigenvalue weighted by molar-refractivity contribution is 5.86. The number of ether oxygens (including phenoxy) is 2. The van der Waals surface area contributed by atoms with Crippen LogP contribution in [-0.2, 0) is 16.1 Å². The predicted molar refractivity (Wildman–Crippen MR) is 98.8 cm³/mol. The van der Waals surface area contributed by atoms with Gasteiger partial charge in [0.1, 0.15) is 12.2 Å². The SMILES string of the molecule is CC(C)(C)OC(=O)NN=C1CCC(NC(=O)OCc2ccccc2)CC1. The lowest BCUT2D eigenvalue weighted by Gasteiger charge is -2.24. The number of hydrogen-bond donors (Lipinski definition) is 2. The van der Waals surface area contributed by atoms with Crippen molar-refractivity contribution in [2.75, 3.05) is 0 Å². The van der Waals surface area contributed by atoms with E-state index >= 15 is 0 Å². The molecule has 7 heteroatoms. The van der Waals surface area contributed by atoms with E-state index in [0.29, 0.717) is 12.8 Å². The highest BCUT2D eigenvalue weighted by Gasteiger charge is 2.21. The zero-order chi connectivity index (χ0) is 19.0. The molecule has 0 saturated heterocycles. The van der Waals surface area contributed by atoms with Crippen LogP contribution in [0.15, 0.2) is 35.4 Å². The minimum atomic E-state index is -0.560. The number of nitrogens with one attached hydrogen (secondary N) is 2. The average molecular weight is 361 g/mol. The van der Waals surface area contributed by atoms with E-state index in [4.69, 9.17) is 9.47 Å². The van der Waals surface area contributed by atoms with Crippen LogP contribution in [0.3, 0.4) is 0 Å². The van der Waals surface area contributed by atoms with E-state index in [2.05, 4.69) is 15.8 Å². The highest BCUT2D eigenvalue weighted by Crippen LogP contribution is 2.16. The second-order valence-electron chi connectivity index (χ2n) is 7.27. The summed E-state index contributed by atoms with van der Waals surface area (Å²) in [5.74, 6) is 0. The number of rotatable bonds is 4. The van der Waals surface area contributed by atoms with Crippen molar-refractivity contribution < 1.29 is 19.1 Å². The van der Waals surface area contributed by atoms with Crippen molar-refractivity contribution in [2.24, 2.45) is 5.10 Å². The molecule has 1 aromatic rings. The molecule has 0 bridgehead atoms. The van der Waals surface area contributed by atoms with Crippen LogP contribution in [0.25, 0.3) is 0 Å². The van der Waals surface area contributed by atoms with Gasteiger partial charge in [-0.1, -0.05) is 30.3 Å². The van der Waals surface area contributed by atoms with Crippen molar-refractivity contribution in [2.45, 2.75) is 64.7 Å². The van der Waals surface area contributed by atoms with E-state index in [1.807, 2.05) is 30.3 Å². The first kappa shape index (κ1) is 19.8. The molecule has 0 aromatic heterocycles. The van der Waals surface area contributed by atoms with Gasteiger partial charge in [-0.25, -0.2) is 15.0 Å². The minimum Gasteiger partial charge on any atom is -0.445 e. The summed E-state index contributed by atoms with van der Waals surface area (Å²) < 4.78 is 10.4. The van der Waals surface area contributed by atoms with Crippen LogP contribution in [0.4, 0.5) is 9.59 Å². The Morgan fingerprint density at radius 1 is 1.12 bits per heavy atom. The van der Waals surface area contributed by atoms with Crippen molar-refractivity contribution in [3.8, 4) is 0 Å². The largest absolute Gasteiger partial charge is 0.445 e. The first-order chi connectivity index (χ1) is 12.3. The Hall–Kier alpha value is -2.57. The maximum absolute atomic E-state index is 11.9. The lowest BCUT2D eigenvalue weighted by atomic mass is 9.94. The number of amides is 2. The van der Waals surface area contributed by atoms with Gasteiger partial charge >= 0.3 is 12.2 Å². The average Bonchev–Trinajstić information content (AvgIpc) is 2.59. The van der Waals surface area contributed by atoms with Gasteiger partial charge in [0, 0.05) is 11.8 Å². The van der Waals surface area contributed by atoms with E-state index in [1.54, 1.807) is 20.8 Å². The summed E-state index contributed by atoms with van der Waals surface area (Å²) in [6.45, 7) is 5.65. The Morgan fingerprint density at radius 2 is 1.77 bits per heavy atom. The van der Waals surface area contributed by atoms with E-state index < -0.39 is 17.8 Å². The molecule has 0 unspecified atom stereocenters. The zero-order valence-corrected chi connectivity index (χ0v) is 15.6. The fourth-order valence-corrected chi connectivity index (χ4v) is 2.56. The fourth-order valence-electron chi connectivity index (χ4n) is 2.56. The summed E-state index contributed by atoms with van der Waals surface area (Å²) in [6, 6.07) is 9.61. The van der Waals surface area contributed by atoms with Gasteiger partial charge in [-0.3, -0.25) is 0 Å². The molecule has 1 aromatic carbocycles. The normalized spacial score (nSPS) is 17.2. The van der Waals surface area contributed by atoms with Gasteiger partial charge in [0.15, 0.2) is 0 Å². The second kappa shape index (κ2) is 9.22. The van der Waals surface area contributed by atoms with E-state index in [9.17, 15) is 9.59 Å². The Bertz CT molecular complexity index is 628. The van der Waals surface area contributed by atoms with Crippen LogP contribution < -0.4 is 10.7 Å². The number of carbonyl (C=O) groups excluding carboxylic acids is 2. The summed E-state index contributed by atoms with van der Waals surface area (Å²) in [7, 11) is 0. The van der Waals surface area contributed by atoms with Gasteiger partial charge in [0.05, 0.1) is 0 Å². The number of alkyl carbamates (subject to hydrolysis) is 1. The third-order valence-corrected chi connectivity index (χ3v) is 3.80. The summed E-state index contributed by atoms with van der Waals surface area (Å²) in [6.07, 6.45) is 1.96. The standard InChI is InChI=1S/C19H27N3O4/c1-19(2,3)26-18(24)22-21-16-11-9-15(10-12-16)20-17(23)25-13-14-7-5-4-6-8-14/h4-8,15H,9-13H2,1-3H3,(H,20,23)(H,22,24). The molecule has 0 aliphatic heterocycles. The summed E-state index contributed by atoms with van der Waals surface area (Å²) in [5.41, 5.74) is 3.72. The second-order valence-corrected chi connectivity index (χ2v) is 7.27. The molecule has 7 nitrogen and oxygen atoms in total. The molecular weight excluding hydrogens is 334 g/mol. The van der Waals surface area contributed by atoms with Crippen molar-refractivity contribution in [1.29, 1.82) is 0 Å². The Labute approximate surface area is 154 Å². The number of hydrazone groups is 1. The molecule has 0 heterocycles. The van der Waals surface area contributed by atoms with Gasteiger partial charge in [-0.2, -0.15) is 5.10 Å². The van der Waals surface area contributed by atoms with Crippen LogP contribution in [-0.4, -0.2) is 29.5 Å². The number of hydrogen-bond acceptors (Lipinski definition) is 5. The zero-order valence-electron chi connectivity index (χ0n) is 15.6. The van der Waals surface area contributed by atoms with Crippen molar-refractivity contribution in [3.63, 3.8) is 0 Å². The minimum absolute atomic E-state index is 0.0544. The quantitative estimate of drug-likeness (QED) is 0.800. The van der Waals surface area contributed by atoms with Crippen LogP contribution in [0.5, 0.6) is 0 Å². The molecule has 1 aliphatic rings. The monoisotopic (exact) mass is 361 g/mol. The van der Waals surface area contributed by atoms with Crippen LogP contribution in [0.2, 0.25) is 0 Å². The van der Waals surface area contributed by atoms with Gasteiger partial charge in [0.25, 0.3) is 0 Å². The van der Waals surface area contributed by atoms with Gasteiger partial charge in [-0.15, -0.1) is 0 Å². The first-order valence-electron chi connectivity index (χ1n) is 8.83. The molecule has 2 amide bonds. The van der Waals surface area contributed by atoms with E-state index in [1.165, 1.54) is 0 Å². The molecule has 1 fully saturated rings. The molecule has 0 spiro atoms. The maximum Gasteiger partial charge on any atom is 0.428 e. The summed E-state index contributed by atoms with van der Waals surface area (Å²) in [4.78, 5) is 23.5. The Morgan fingerprint density at radius 3 is 2.38 bits per heavy atom. The van der Waals surface area contributed by atoms with Gasteiger partial charge in [-0.05, 0) is 52.0 Å². The van der Waals surface area contributed by atoms with Crippen molar-refractivity contribution >= 4 is 17.9 Å². The third-order valence-electron chi connectivity index (χ3n) is 3.80. The number of nitrogens with zero attached hydrogens (tertiary/aromatic N) is 1. The molecule has 1 saturated carbocycles. The topological polar surface area (TPSA) is 89.0 Å². The lowest BCUT2D eigenvalue weighted by Crippen LogP contribution is -2.38. The fraction of sp³-hybridized carbons (Fsp3) is 0.526. The molecule has 0 atom stereocenters. The van der Waals surface area contributed by atoms with Crippen LogP contribution >= 0.6 is 0 Å². The third kappa shape index (κ3) is 7.55. The predicted octanol–water partition coefficient (Wildman–Crippen LogP) is 3.74. The Kier molecular flexibility index (Phi) is 7.00.